The summed E-state index contributed by atoms with van der Waals surface area (Å²) in [7, 11) is 0. The number of aromatic nitrogens is 1. The maximum absolute atomic E-state index is 10.0. The molecule has 2 rings (SSSR count). The molecule has 2 unspecified atom stereocenters. The van der Waals surface area contributed by atoms with Gasteiger partial charge in [0.05, 0.1) is 12.1 Å². The molecular weight excluding hydrogens is 216 g/mol. The molecule has 2 atom stereocenters. The molecule has 17 heavy (non-hydrogen) atoms. The van der Waals surface area contributed by atoms with Crippen molar-refractivity contribution in [3.63, 3.8) is 0 Å². The van der Waals surface area contributed by atoms with Gasteiger partial charge in [0.1, 0.15) is 5.82 Å². The summed E-state index contributed by atoms with van der Waals surface area (Å²) in [6.45, 7) is 0. The lowest BCUT2D eigenvalue weighted by atomic mass is 10.1. The molecule has 1 heterocycles. The Morgan fingerprint density at radius 1 is 1.29 bits per heavy atom. The van der Waals surface area contributed by atoms with Crippen LogP contribution in [0.25, 0.3) is 0 Å². The smallest absolute Gasteiger partial charge is 0.141 e. The molecule has 1 fully saturated rings. The average Bonchev–Trinajstić information content (AvgIpc) is 2.55. The molecule has 0 radical (unpaired) electrons. The van der Waals surface area contributed by atoms with Gasteiger partial charge in [-0.1, -0.05) is 19.3 Å². The van der Waals surface area contributed by atoms with Gasteiger partial charge in [-0.15, -0.1) is 0 Å². The molecule has 1 aliphatic rings. The molecule has 0 saturated heterocycles. The summed E-state index contributed by atoms with van der Waals surface area (Å²) in [5.41, 5.74) is 3.46. The van der Waals surface area contributed by atoms with E-state index in [0.29, 0.717) is 5.82 Å². The molecule has 5 heteroatoms. The second-order valence-corrected chi connectivity index (χ2v) is 4.53. The van der Waals surface area contributed by atoms with Crippen molar-refractivity contribution >= 4 is 11.5 Å². The van der Waals surface area contributed by atoms with Gasteiger partial charge in [0.2, 0.25) is 0 Å². The number of rotatable bonds is 3. The maximum Gasteiger partial charge on any atom is 0.141 e. The summed E-state index contributed by atoms with van der Waals surface area (Å²) in [4.78, 5) is 4.05. The first-order chi connectivity index (χ1) is 8.29. The third-order valence-corrected chi connectivity index (χ3v) is 3.24. The van der Waals surface area contributed by atoms with Crippen LogP contribution in [0.3, 0.4) is 0 Å². The number of nitrogens with zero attached hydrogens (tertiary/aromatic N) is 1. The number of aliphatic hydroxyl groups excluding tert-OH is 1. The number of nitrogen functional groups attached to an aromatic ring is 1. The normalized spacial score (nSPS) is 25.1. The van der Waals surface area contributed by atoms with Crippen LogP contribution in [-0.2, 0) is 0 Å². The Labute approximate surface area is 101 Å². The number of nitrogens with two attached hydrogens (primary N) is 1. The van der Waals surface area contributed by atoms with E-state index in [1.807, 2.05) is 12.1 Å². The van der Waals surface area contributed by atoms with E-state index in [1.54, 1.807) is 6.20 Å². The second-order valence-electron chi connectivity index (χ2n) is 4.53. The number of hydrogen-bond acceptors (Lipinski definition) is 5. The quantitative estimate of drug-likeness (QED) is 0.363. The monoisotopic (exact) mass is 236 g/mol. The highest BCUT2D eigenvalue weighted by molar-refractivity contribution is 5.52. The van der Waals surface area contributed by atoms with Gasteiger partial charge in [0.15, 0.2) is 0 Å². The van der Waals surface area contributed by atoms with Crippen LogP contribution < -0.4 is 16.6 Å². The van der Waals surface area contributed by atoms with Crippen molar-refractivity contribution in [2.45, 2.75) is 44.2 Å². The Bertz CT molecular complexity index is 358. The predicted molar refractivity (Wildman–Crippen MR) is 68.5 cm³/mol. The van der Waals surface area contributed by atoms with Crippen LogP contribution in [0.1, 0.15) is 32.1 Å². The topological polar surface area (TPSA) is 83.2 Å². The van der Waals surface area contributed by atoms with Gasteiger partial charge in [-0.2, -0.15) is 0 Å². The van der Waals surface area contributed by atoms with Gasteiger partial charge in [0.25, 0.3) is 0 Å². The molecule has 1 saturated carbocycles. The van der Waals surface area contributed by atoms with Crippen LogP contribution >= 0.6 is 0 Å². The maximum atomic E-state index is 10.0. The molecule has 5 nitrogen and oxygen atoms in total. The Kier molecular flexibility index (Phi) is 4.17. The standard InChI is InChI=1S/C12H20N4O/c13-16-12-8-9(6-7-14-12)15-10-4-2-1-3-5-11(10)17/h6-8,10-11,17H,1-5,13H2,(H2,14,15,16). The predicted octanol–water partition coefficient (Wildman–Crippen LogP) is 1.47. The Morgan fingerprint density at radius 2 is 2.12 bits per heavy atom. The van der Waals surface area contributed by atoms with Crippen molar-refractivity contribution in [2.75, 3.05) is 10.7 Å². The number of hydrazine groups is 1. The van der Waals surface area contributed by atoms with Gasteiger partial charge in [0, 0.05) is 18.0 Å². The molecule has 0 amide bonds. The summed E-state index contributed by atoms with van der Waals surface area (Å²) in [5, 5.41) is 13.4. The number of anilines is 2. The molecule has 0 spiro atoms. The Balaban J connectivity index is 2.02. The van der Waals surface area contributed by atoms with Gasteiger partial charge < -0.3 is 15.8 Å². The summed E-state index contributed by atoms with van der Waals surface area (Å²) in [5.74, 6) is 5.94. The van der Waals surface area contributed by atoms with Crippen molar-refractivity contribution in [3.05, 3.63) is 18.3 Å². The first-order valence-electron chi connectivity index (χ1n) is 6.17. The lowest BCUT2D eigenvalue weighted by Crippen LogP contribution is -2.32. The van der Waals surface area contributed by atoms with E-state index < -0.39 is 0 Å². The minimum Gasteiger partial charge on any atom is -0.391 e. The SMILES string of the molecule is NNc1cc(NC2CCCCCC2O)ccn1. The molecule has 1 aromatic heterocycles. The fourth-order valence-electron chi connectivity index (χ4n) is 2.27. The van der Waals surface area contributed by atoms with Gasteiger partial charge >= 0.3 is 0 Å². The van der Waals surface area contributed by atoms with Gasteiger partial charge in [-0.3, -0.25) is 0 Å². The fraction of sp³-hybridized carbons (Fsp3) is 0.583. The van der Waals surface area contributed by atoms with Crippen LogP contribution in [0.15, 0.2) is 18.3 Å². The number of hydrogen-bond donors (Lipinski definition) is 4. The number of nitrogens with one attached hydrogen (secondary N) is 2. The summed E-state index contributed by atoms with van der Waals surface area (Å²) in [6, 6.07) is 3.86. The molecule has 0 aliphatic heterocycles. The lowest BCUT2D eigenvalue weighted by Gasteiger charge is -2.23. The van der Waals surface area contributed by atoms with E-state index in [4.69, 9.17) is 5.84 Å². The molecule has 5 N–H and O–H groups in total. The molecular formula is C12H20N4O. The van der Waals surface area contributed by atoms with E-state index >= 15 is 0 Å². The largest absolute Gasteiger partial charge is 0.391 e. The third-order valence-electron chi connectivity index (χ3n) is 3.24. The van der Waals surface area contributed by atoms with E-state index in [-0.39, 0.29) is 12.1 Å². The first kappa shape index (κ1) is 12.1. The zero-order chi connectivity index (χ0) is 12.1. The third kappa shape index (κ3) is 3.31. The average molecular weight is 236 g/mol. The van der Waals surface area contributed by atoms with Crippen molar-refractivity contribution < 1.29 is 5.11 Å². The highest BCUT2D eigenvalue weighted by Crippen LogP contribution is 2.22. The highest BCUT2D eigenvalue weighted by Gasteiger charge is 2.21. The number of aliphatic hydroxyl groups is 1. The Hall–Kier alpha value is -1.33. The van der Waals surface area contributed by atoms with Crippen molar-refractivity contribution in [1.82, 2.24) is 4.98 Å². The Morgan fingerprint density at radius 3 is 2.94 bits per heavy atom. The molecule has 94 valence electrons. The molecule has 1 aliphatic carbocycles. The van der Waals surface area contributed by atoms with Crippen molar-refractivity contribution in [3.8, 4) is 0 Å². The van der Waals surface area contributed by atoms with E-state index in [2.05, 4.69) is 15.7 Å². The zero-order valence-corrected chi connectivity index (χ0v) is 9.89. The summed E-state index contributed by atoms with van der Waals surface area (Å²) >= 11 is 0. The molecule has 0 aromatic carbocycles. The minimum absolute atomic E-state index is 0.130. The second kappa shape index (κ2) is 5.84. The van der Waals surface area contributed by atoms with E-state index in [1.165, 1.54) is 12.8 Å². The van der Waals surface area contributed by atoms with Gasteiger partial charge in [-0.05, 0) is 18.9 Å². The molecule has 1 aromatic rings. The highest BCUT2D eigenvalue weighted by atomic mass is 16.3. The minimum atomic E-state index is -0.264. The van der Waals surface area contributed by atoms with Crippen LogP contribution in [0.2, 0.25) is 0 Å². The van der Waals surface area contributed by atoms with E-state index in [0.717, 1.165) is 24.9 Å². The van der Waals surface area contributed by atoms with Crippen molar-refractivity contribution in [2.24, 2.45) is 5.84 Å². The van der Waals surface area contributed by atoms with Gasteiger partial charge in [-0.25, -0.2) is 10.8 Å². The van der Waals surface area contributed by atoms with Crippen LogP contribution in [0.5, 0.6) is 0 Å². The fourth-order valence-corrected chi connectivity index (χ4v) is 2.27. The lowest BCUT2D eigenvalue weighted by molar-refractivity contribution is 0.144. The van der Waals surface area contributed by atoms with E-state index in [9.17, 15) is 5.11 Å². The van der Waals surface area contributed by atoms with Crippen LogP contribution in [-0.4, -0.2) is 22.2 Å². The first-order valence-corrected chi connectivity index (χ1v) is 6.17. The van der Waals surface area contributed by atoms with Crippen LogP contribution in [0, 0.1) is 0 Å². The van der Waals surface area contributed by atoms with Crippen molar-refractivity contribution in [1.29, 1.82) is 0 Å². The summed E-state index contributed by atoms with van der Waals surface area (Å²) in [6.07, 6.45) is 6.81. The number of pyridine rings is 1. The van der Waals surface area contributed by atoms with Crippen LogP contribution in [0.4, 0.5) is 11.5 Å². The summed E-state index contributed by atoms with van der Waals surface area (Å²) < 4.78 is 0. The zero-order valence-electron chi connectivity index (χ0n) is 9.89. The molecule has 0 bridgehead atoms.